The van der Waals surface area contributed by atoms with Crippen LogP contribution in [0.1, 0.15) is 33.5 Å². The normalized spacial score (nSPS) is 14.5. The Morgan fingerprint density at radius 1 is 1.08 bits per heavy atom. The minimum Gasteiger partial charge on any atom is -0.294 e. The van der Waals surface area contributed by atoms with E-state index < -0.39 is 5.54 Å². The molecule has 0 aromatic heterocycles. The standard InChI is InChI=1S/C22H26N2OS/c1-16-6-10-18(11-7-16)20(25)14-21(26-5)22(15-23,24(3)4)19-12-8-17(2)9-13-19/h6-13,21H,14H2,1-5H3. The first-order valence-corrected chi connectivity index (χ1v) is 9.92. The Morgan fingerprint density at radius 3 is 2.00 bits per heavy atom. The maximum atomic E-state index is 12.9. The zero-order valence-corrected chi connectivity index (χ0v) is 16.9. The van der Waals surface area contributed by atoms with Gasteiger partial charge in [-0.25, -0.2) is 0 Å². The van der Waals surface area contributed by atoms with Crippen LogP contribution in [0, 0.1) is 25.2 Å². The molecule has 2 atom stereocenters. The molecule has 2 unspecified atom stereocenters. The van der Waals surface area contributed by atoms with Crippen molar-refractivity contribution in [1.82, 2.24) is 4.90 Å². The Balaban J connectivity index is 2.41. The molecule has 2 aromatic carbocycles. The van der Waals surface area contributed by atoms with Gasteiger partial charge in [-0.05, 0) is 39.8 Å². The van der Waals surface area contributed by atoms with Gasteiger partial charge in [0.1, 0.15) is 5.54 Å². The summed E-state index contributed by atoms with van der Waals surface area (Å²) < 4.78 is 0. The molecule has 0 bridgehead atoms. The van der Waals surface area contributed by atoms with E-state index in [0.717, 1.165) is 16.7 Å². The number of nitrogens with zero attached hydrogens (tertiary/aromatic N) is 2. The van der Waals surface area contributed by atoms with Crippen molar-refractivity contribution in [2.75, 3.05) is 20.4 Å². The number of carbonyl (C=O) groups excluding carboxylic acids is 1. The Kier molecular flexibility index (Phi) is 6.63. The fraction of sp³-hybridized carbons (Fsp3) is 0.364. The minimum absolute atomic E-state index is 0.0675. The van der Waals surface area contributed by atoms with Crippen LogP contribution in [-0.2, 0) is 5.54 Å². The van der Waals surface area contributed by atoms with Gasteiger partial charge in [0.25, 0.3) is 0 Å². The van der Waals surface area contributed by atoms with Crippen LogP contribution in [-0.4, -0.2) is 36.3 Å². The molecule has 136 valence electrons. The van der Waals surface area contributed by atoms with Crippen molar-refractivity contribution in [3.63, 3.8) is 0 Å². The summed E-state index contributed by atoms with van der Waals surface area (Å²) in [6, 6.07) is 18.2. The van der Waals surface area contributed by atoms with Crippen molar-refractivity contribution in [2.24, 2.45) is 0 Å². The lowest BCUT2D eigenvalue weighted by molar-refractivity contribution is 0.0958. The van der Waals surface area contributed by atoms with Gasteiger partial charge in [-0.3, -0.25) is 9.69 Å². The number of carbonyl (C=O) groups is 1. The third-order valence-electron chi connectivity index (χ3n) is 4.86. The molecule has 2 aromatic rings. The first-order valence-electron chi connectivity index (χ1n) is 8.63. The van der Waals surface area contributed by atoms with Crippen LogP contribution >= 0.6 is 11.8 Å². The molecule has 0 radical (unpaired) electrons. The number of nitriles is 1. The lowest BCUT2D eigenvalue weighted by Crippen LogP contribution is -2.49. The van der Waals surface area contributed by atoms with Crippen LogP contribution in [0.4, 0.5) is 0 Å². The highest BCUT2D eigenvalue weighted by Crippen LogP contribution is 2.38. The van der Waals surface area contributed by atoms with Gasteiger partial charge >= 0.3 is 0 Å². The average Bonchev–Trinajstić information content (AvgIpc) is 2.63. The van der Waals surface area contributed by atoms with E-state index in [-0.39, 0.29) is 11.0 Å². The van der Waals surface area contributed by atoms with Gasteiger partial charge in [0.15, 0.2) is 5.78 Å². The maximum absolute atomic E-state index is 12.9. The van der Waals surface area contributed by atoms with E-state index in [9.17, 15) is 10.1 Å². The number of rotatable bonds is 7. The van der Waals surface area contributed by atoms with Crippen molar-refractivity contribution in [2.45, 2.75) is 31.1 Å². The van der Waals surface area contributed by atoms with Crippen molar-refractivity contribution in [3.8, 4) is 6.07 Å². The molecule has 4 heteroatoms. The predicted octanol–water partition coefficient (Wildman–Crippen LogP) is 4.59. The number of aryl methyl sites for hydroxylation is 2. The van der Waals surface area contributed by atoms with E-state index in [0.29, 0.717) is 12.0 Å². The second-order valence-corrected chi connectivity index (χ2v) is 7.90. The lowest BCUT2D eigenvalue weighted by atomic mass is 9.83. The summed E-state index contributed by atoms with van der Waals surface area (Å²) in [5.74, 6) is 0.0675. The summed E-state index contributed by atoms with van der Waals surface area (Å²) in [6.45, 7) is 4.03. The predicted molar refractivity (Wildman–Crippen MR) is 110 cm³/mol. The molecule has 0 aliphatic rings. The number of thioether (sulfide) groups is 1. The zero-order chi connectivity index (χ0) is 19.3. The first-order chi connectivity index (χ1) is 12.3. The Labute approximate surface area is 161 Å². The highest BCUT2D eigenvalue weighted by molar-refractivity contribution is 7.99. The monoisotopic (exact) mass is 366 g/mol. The zero-order valence-electron chi connectivity index (χ0n) is 16.1. The highest BCUT2D eigenvalue weighted by Gasteiger charge is 2.43. The van der Waals surface area contributed by atoms with Gasteiger partial charge < -0.3 is 0 Å². The number of benzene rings is 2. The molecule has 2 rings (SSSR count). The summed E-state index contributed by atoms with van der Waals surface area (Å²) in [4.78, 5) is 14.8. The topological polar surface area (TPSA) is 44.1 Å². The van der Waals surface area contributed by atoms with E-state index in [1.54, 1.807) is 11.8 Å². The second kappa shape index (κ2) is 8.53. The lowest BCUT2D eigenvalue weighted by Gasteiger charge is -2.40. The average molecular weight is 367 g/mol. The summed E-state index contributed by atoms with van der Waals surface area (Å²) in [5.41, 5.74) is 3.03. The molecule has 26 heavy (non-hydrogen) atoms. The molecule has 0 spiro atoms. The van der Waals surface area contributed by atoms with Gasteiger partial charge in [-0.1, -0.05) is 59.7 Å². The van der Waals surface area contributed by atoms with Gasteiger partial charge in [-0.2, -0.15) is 17.0 Å². The maximum Gasteiger partial charge on any atom is 0.164 e. The molecule has 0 aliphatic heterocycles. The third-order valence-corrected chi connectivity index (χ3v) is 5.94. The minimum atomic E-state index is -0.868. The molecular weight excluding hydrogens is 340 g/mol. The van der Waals surface area contributed by atoms with E-state index in [1.807, 2.05) is 87.6 Å². The Hall–Kier alpha value is -2.09. The molecular formula is C22H26N2OS. The summed E-state index contributed by atoms with van der Waals surface area (Å²) in [5, 5.41) is 9.99. The van der Waals surface area contributed by atoms with Crippen molar-refractivity contribution in [1.29, 1.82) is 5.26 Å². The SMILES string of the molecule is CSC(CC(=O)c1ccc(C)cc1)C(C#N)(c1ccc(C)cc1)N(C)C. The third kappa shape index (κ3) is 4.00. The van der Waals surface area contributed by atoms with Crippen LogP contribution in [0.2, 0.25) is 0 Å². The fourth-order valence-electron chi connectivity index (χ4n) is 3.20. The molecule has 0 fully saturated rings. The van der Waals surface area contributed by atoms with E-state index in [2.05, 4.69) is 6.07 Å². The van der Waals surface area contributed by atoms with Crippen LogP contribution < -0.4 is 0 Å². The molecule has 0 saturated carbocycles. The largest absolute Gasteiger partial charge is 0.294 e. The first kappa shape index (κ1) is 20.2. The highest BCUT2D eigenvalue weighted by atomic mass is 32.2. The van der Waals surface area contributed by atoms with Crippen molar-refractivity contribution < 1.29 is 4.79 Å². The van der Waals surface area contributed by atoms with Crippen LogP contribution in [0.15, 0.2) is 48.5 Å². The smallest absolute Gasteiger partial charge is 0.164 e. The van der Waals surface area contributed by atoms with Crippen molar-refractivity contribution in [3.05, 3.63) is 70.8 Å². The molecule has 0 aliphatic carbocycles. The van der Waals surface area contributed by atoms with Gasteiger partial charge in [0.05, 0.1) is 6.07 Å². The van der Waals surface area contributed by atoms with E-state index in [1.165, 1.54) is 0 Å². The van der Waals surface area contributed by atoms with Gasteiger partial charge in [0.2, 0.25) is 0 Å². The van der Waals surface area contributed by atoms with Crippen molar-refractivity contribution >= 4 is 17.5 Å². The second-order valence-electron chi connectivity index (χ2n) is 6.86. The number of ketones is 1. The van der Waals surface area contributed by atoms with Crippen LogP contribution in [0.3, 0.4) is 0 Å². The van der Waals surface area contributed by atoms with Gasteiger partial charge in [0, 0.05) is 17.2 Å². The summed E-state index contributed by atoms with van der Waals surface area (Å²) in [7, 11) is 3.81. The molecule has 0 heterocycles. The Bertz CT molecular complexity index is 790. The number of hydrogen-bond donors (Lipinski definition) is 0. The fourth-order valence-corrected chi connectivity index (χ4v) is 4.26. The summed E-state index contributed by atoms with van der Waals surface area (Å²) >= 11 is 1.57. The number of Topliss-reactive ketones (excluding diaryl/α,β-unsaturated/α-hetero) is 1. The van der Waals surface area contributed by atoms with Crippen LogP contribution in [0.25, 0.3) is 0 Å². The quantitative estimate of drug-likeness (QED) is 0.672. The van der Waals surface area contributed by atoms with Crippen LogP contribution in [0.5, 0.6) is 0 Å². The van der Waals surface area contributed by atoms with E-state index in [4.69, 9.17) is 0 Å². The molecule has 0 amide bonds. The summed E-state index contributed by atoms with van der Waals surface area (Å²) in [6.07, 6.45) is 2.28. The molecule has 0 saturated heterocycles. The molecule has 3 nitrogen and oxygen atoms in total. The van der Waals surface area contributed by atoms with Gasteiger partial charge in [-0.15, -0.1) is 0 Å². The van der Waals surface area contributed by atoms with E-state index >= 15 is 0 Å². The number of hydrogen-bond acceptors (Lipinski definition) is 4. The Morgan fingerprint density at radius 2 is 1.58 bits per heavy atom. The molecule has 0 N–H and O–H groups in total.